The molecule has 2 amide bonds. The van der Waals surface area contributed by atoms with Crippen molar-refractivity contribution in [3.05, 3.63) is 70.8 Å². The smallest absolute Gasteiger partial charge is 0.338 e. The molecule has 8 heteroatoms. The van der Waals surface area contributed by atoms with Crippen molar-refractivity contribution in [1.29, 1.82) is 0 Å². The van der Waals surface area contributed by atoms with Crippen LogP contribution in [0.15, 0.2) is 48.5 Å². The second-order valence-corrected chi connectivity index (χ2v) is 12.2. The Morgan fingerprint density at radius 3 is 1.30 bits per heavy atom. The molecular formula is C36H46N2O6. The van der Waals surface area contributed by atoms with Crippen molar-refractivity contribution >= 4 is 35.9 Å². The van der Waals surface area contributed by atoms with Gasteiger partial charge in [0.2, 0.25) is 0 Å². The number of hydrogen-bond acceptors (Lipinski definition) is 6. The third kappa shape index (κ3) is 10.4. The Hall–Kier alpha value is -3.94. The van der Waals surface area contributed by atoms with Gasteiger partial charge in [-0.05, 0) is 86.8 Å². The monoisotopic (exact) mass is 602 g/mol. The molecule has 44 heavy (non-hydrogen) atoms. The van der Waals surface area contributed by atoms with Gasteiger partial charge in [-0.15, -0.1) is 0 Å². The quantitative estimate of drug-likeness (QED) is 0.217. The molecule has 2 saturated carbocycles. The molecule has 2 N–H and O–H groups in total. The highest BCUT2D eigenvalue weighted by Crippen LogP contribution is 2.27. The lowest BCUT2D eigenvalue weighted by Crippen LogP contribution is -2.41. The van der Waals surface area contributed by atoms with E-state index in [0.29, 0.717) is 23.0 Å². The Kier molecular flexibility index (Phi) is 12.6. The van der Waals surface area contributed by atoms with Crippen molar-refractivity contribution in [2.45, 2.75) is 90.1 Å². The van der Waals surface area contributed by atoms with Gasteiger partial charge in [-0.1, -0.05) is 74.9 Å². The fourth-order valence-corrected chi connectivity index (χ4v) is 6.18. The maximum Gasteiger partial charge on any atom is 0.338 e. The number of ether oxygens (including phenoxy) is 2. The van der Waals surface area contributed by atoms with Crippen LogP contribution in [0.2, 0.25) is 0 Å². The number of hydrogen-bond donors (Lipinski definition) is 2. The van der Waals surface area contributed by atoms with E-state index in [-0.39, 0.29) is 37.1 Å². The van der Waals surface area contributed by atoms with E-state index >= 15 is 0 Å². The molecule has 2 fully saturated rings. The summed E-state index contributed by atoms with van der Waals surface area (Å²) in [5.41, 5.74) is 2.49. The van der Waals surface area contributed by atoms with Crippen molar-refractivity contribution in [2.75, 3.05) is 13.2 Å². The van der Waals surface area contributed by atoms with E-state index in [2.05, 4.69) is 10.6 Å². The van der Waals surface area contributed by atoms with Gasteiger partial charge in [0.1, 0.15) is 0 Å². The highest BCUT2D eigenvalue weighted by molar-refractivity contribution is 5.92. The SMILES string of the molecule is C[C@H](NC(=O)COC(=O)c1ccc(/C=C/c2ccc(C(=O)OCC(=O)N[C@@H](C)C3CCCCC3)cc2)cc1)C1CCCCC1. The minimum atomic E-state index is -0.542. The van der Waals surface area contributed by atoms with Crippen LogP contribution >= 0.6 is 0 Å². The number of rotatable bonds is 12. The molecule has 0 spiro atoms. The van der Waals surface area contributed by atoms with E-state index in [1.807, 2.05) is 26.0 Å². The maximum atomic E-state index is 12.4. The molecule has 0 bridgehead atoms. The van der Waals surface area contributed by atoms with Gasteiger partial charge in [-0.2, -0.15) is 0 Å². The van der Waals surface area contributed by atoms with Gasteiger partial charge >= 0.3 is 11.9 Å². The summed E-state index contributed by atoms with van der Waals surface area (Å²) < 4.78 is 10.4. The fraction of sp³-hybridized carbons (Fsp3) is 0.500. The zero-order valence-corrected chi connectivity index (χ0v) is 26.0. The van der Waals surface area contributed by atoms with Crippen LogP contribution in [0.1, 0.15) is 110 Å². The topological polar surface area (TPSA) is 111 Å². The first kappa shape index (κ1) is 33.0. The van der Waals surface area contributed by atoms with Crippen LogP contribution in [0.4, 0.5) is 0 Å². The number of nitrogens with one attached hydrogen (secondary N) is 2. The first-order valence-electron chi connectivity index (χ1n) is 16.1. The van der Waals surface area contributed by atoms with E-state index < -0.39 is 11.9 Å². The number of esters is 2. The minimum absolute atomic E-state index is 0.0790. The lowest BCUT2D eigenvalue weighted by atomic mass is 9.84. The number of benzene rings is 2. The van der Waals surface area contributed by atoms with Crippen molar-refractivity contribution in [3.8, 4) is 0 Å². The summed E-state index contributed by atoms with van der Waals surface area (Å²) in [5.74, 6) is -0.662. The third-order valence-corrected chi connectivity index (χ3v) is 8.92. The summed E-state index contributed by atoms with van der Waals surface area (Å²) in [7, 11) is 0. The third-order valence-electron chi connectivity index (χ3n) is 8.92. The first-order valence-corrected chi connectivity index (χ1v) is 16.1. The lowest BCUT2D eigenvalue weighted by Gasteiger charge is -2.28. The number of carbonyl (C=O) groups is 4. The van der Waals surface area contributed by atoms with Crippen LogP contribution in [-0.2, 0) is 19.1 Å². The molecule has 0 radical (unpaired) electrons. The average molecular weight is 603 g/mol. The summed E-state index contributed by atoms with van der Waals surface area (Å²) in [6, 6.07) is 14.0. The van der Waals surface area contributed by atoms with Gasteiger partial charge in [0.25, 0.3) is 11.8 Å². The second-order valence-electron chi connectivity index (χ2n) is 12.2. The van der Waals surface area contributed by atoms with Gasteiger partial charge in [-0.25, -0.2) is 9.59 Å². The Bertz CT molecular complexity index is 1180. The lowest BCUT2D eigenvalue weighted by molar-refractivity contribution is -0.125. The highest BCUT2D eigenvalue weighted by atomic mass is 16.5. The van der Waals surface area contributed by atoms with E-state index in [0.717, 1.165) is 36.8 Å². The summed E-state index contributed by atoms with van der Waals surface area (Å²) in [5, 5.41) is 5.93. The van der Waals surface area contributed by atoms with Crippen molar-refractivity contribution < 1.29 is 28.7 Å². The zero-order chi connectivity index (χ0) is 31.3. The van der Waals surface area contributed by atoms with Crippen LogP contribution in [0.3, 0.4) is 0 Å². The van der Waals surface area contributed by atoms with Crippen LogP contribution < -0.4 is 10.6 Å². The summed E-state index contributed by atoms with van der Waals surface area (Å²) >= 11 is 0. The standard InChI is InChI=1S/C36H46N2O6/c1-25(29-9-5-3-6-10-29)37-33(39)23-43-35(41)31-19-15-27(16-20-31)13-14-28-17-21-32(22-18-28)36(42)44-24-34(40)38-26(2)30-11-7-4-8-12-30/h13-22,25-26,29-30H,3-12,23-24H2,1-2H3,(H,37,39)(H,38,40)/b14-13+/t25-,26-/m0/s1. The van der Waals surface area contributed by atoms with Crippen molar-refractivity contribution in [3.63, 3.8) is 0 Å². The highest BCUT2D eigenvalue weighted by Gasteiger charge is 2.23. The van der Waals surface area contributed by atoms with Crippen molar-refractivity contribution in [2.24, 2.45) is 11.8 Å². The largest absolute Gasteiger partial charge is 0.452 e. The van der Waals surface area contributed by atoms with E-state index in [9.17, 15) is 19.2 Å². The molecule has 0 aliphatic heterocycles. The van der Waals surface area contributed by atoms with Gasteiger partial charge in [0.15, 0.2) is 13.2 Å². The van der Waals surface area contributed by atoms with E-state index in [1.54, 1.807) is 48.5 Å². The minimum Gasteiger partial charge on any atom is -0.452 e. The molecule has 8 nitrogen and oxygen atoms in total. The molecule has 236 valence electrons. The molecule has 2 aliphatic carbocycles. The fourth-order valence-electron chi connectivity index (χ4n) is 6.18. The summed E-state index contributed by atoms with van der Waals surface area (Å²) in [6.07, 6.45) is 15.6. The predicted octanol–water partition coefficient (Wildman–Crippen LogP) is 6.34. The second kappa shape index (κ2) is 16.8. The zero-order valence-electron chi connectivity index (χ0n) is 26.0. The summed E-state index contributed by atoms with van der Waals surface area (Å²) in [4.78, 5) is 49.4. The van der Waals surface area contributed by atoms with Crippen molar-refractivity contribution in [1.82, 2.24) is 10.6 Å². The molecule has 2 aromatic rings. The summed E-state index contributed by atoms with van der Waals surface area (Å²) in [6.45, 7) is 3.44. The van der Waals surface area contributed by atoms with Crippen LogP contribution in [0.25, 0.3) is 12.2 Å². The van der Waals surface area contributed by atoms with E-state index in [1.165, 1.54) is 38.5 Å². The molecule has 2 atom stereocenters. The van der Waals surface area contributed by atoms with Crippen LogP contribution in [0.5, 0.6) is 0 Å². The first-order chi connectivity index (χ1) is 21.3. The molecular weight excluding hydrogens is 556 g/mol. The Morgan fingerprint density at radius 2 is 0.955 bits per heavy atom. The van der Waals surface area contributed by atoms with Gasteiger partial charge in [0, 0.05) is 12.1 Å². The molecule has 0 unspecified atom stereocenters. The van der Waals surface area contributed by atoms with Gasteiger partial charge in [-0.3, -0.25) is 9.59 Å². The number of carbonyl (C=O) groups excluding carboxylic acids is 4. The Morgan fingerprint density at radius 1 is 0.614 bits per heavy atom. The molecule has 2 aliphatic rings. The molecule has 0 heterocycles. The molecule has 0 aromatic heterocycles. The normalized spacial score (nSPS) is 17.4. The molecule has 4 rings (SSSR count). The molecule has 0 saturated heterocycles. The predicted molar refractivity (Wildman–Crippen MR) is 171 cm³/mol. The Balaban J connectivity index is 1.17. The average Bonchev–Trinajstić information content (AvgIpc) is 3.06. The van der Waals surface area contributed by atoms with Crippen LogP contribution in [-0.4, -0.2) is 49.1 Å². The van der Waals surface area contributed by atoms with E-state index in [4.69, 9.17) is 9.47 Å². The van der Waals surface area contributed by atoms with Gasteiger partial charge < -0.3 is 20.1 Å². The van der Waals surface area contributed by atoms with Gasteiger partial charge in [0.05, 0.1) is 11.1 Å². The number of amides is 2. The maximum absolute atomic E-state index is 12.4. The molecule has 2 aromatic carbocycles. The van der Waals surface area contributed by atoms with Crippen LogP contribution in [0, 0.1) is 11.8 Å². The Labute approximate surface area is 261 Å².